The molecule has 2 unspecified atom stereocenters. The molecule has 1 heterocycles. The van der Waals surface area contributed by atoms with Gasteiger partial charge in [0.25, 0.3) is 11.8 Å². The molecule has 3 nitrogen and oxygen atoms in total. The smallest absolute Gasteiger partial charge is 0.253 e. The number of nitrogens with zero attached hydrogens (tertiary/aromatic N) is 1. The molecule has 1 aliphatic carbocycles. The highest BCUT2D eigenvalue weighted by atomic mass is 16.2. The van der Waals surface area contributed by atoms with Crippen molar-refractivity contribution >= 4 is 11.8 Å². The van der Waals surface area contributed by atoms with Crippen LogP contribution in [0.4, 0.5) is 0 Å². The highest BCUT2D eigenvalue weighted by molar-refractivity contribution is 6.12. The van der Waals surface area contributed by atoms with E-state index in [9.17, 15) is 9.59 Å². The minimum absolute atomic E-state index is 0.136. The second kappa shape index (κ2) is 4.81. The van der Waals surface area contributed by atoms with Crippen LogP contribution in [-0.4, -0.2) is 23.3 Å². The van der Waals surface area contributed by atoms with E-state index >= 15 is 0 Å². The molecular weight excluding hydrogens is 202 g/mol. The van der Waals surface area contributed by atoms with E-state index in [0.29, 0.717) is 12.5 Å². The van der Waals surface area contributed by atoms with E-state index in [1.54, 1.807) is 0 Å². The van der Waals surface area contributed by atoms with Crippen molar-refractivity contribution in [3.05, 3.63) is 12.2 Å². The van der Waals surface area contributed by atoms with Gasteiger partial charge in [-0.05, 0) is 24.7 Å². The fourth-order valence-corrected chi connectivity index (χ4v) is 2.81. The number of hydrogen-bond acceptors (Lipinski definition) is 2. The highest BCUT2D eigenvalue weighted by Crippen LogP contribution is 2.31. The number of imide groups is 1. The van der Waals surface area contributed by atoms with E-state index in [0.717, 1.165) is 12.3 Å². The molecule has 2 aliphatic rings. The van der Waals surface area contributed by atoms with Crippen molar-refractivity contribution in [3.8, 4) is 0 Å². The minimum atomic E-state index is -0.136. The van der Waals surface area contributed by atoms with Gasteiger partial charge in [-0.2, -0.15) is 0 Å². The molecule has 0 aromatic carbocycles. The highest BCUT2D eigenvalue weighted by Gasteiger charge is 2.29. The number of carbonyl (C=O) groups excluding carboxylic acids is 2. The van der Waals surface area contributed by atoms with Crippen molar-refractivity contribution in [2.45, 2.75) is 39.0 Å². The SMILES string of the molecule is CCC1CCCC(CN2C(=O)C=CC2=O)C1. The number of amides is 2. The third kappa shape index (κ3) is 2.34. The number of carbonyl (C=O) groups is 2. The third-order valence-electron chi connectivity index (χ3n) is 3.81. The normalized spacial score (nSPS) is 30.2. The van der Waals surface area contributed by atoms with Crippen LogP contribution >= 0.6 is 0 Å². The van der Waals surface area contributed by atoms with E-state index in [4.69, 9.17) is 0 Å². The van der Waals surface area contributed by atoms with Crippen molar-refractivity contribution in [2.24, 2.45) is 11.8 Å². The van der Waals surface area contributed by atoms with Crippen molar-refractivity contribution in [2.75, 3.05) is 6.54 Å². The second-order valence-electron chi connectivity index (χ2n) is 4.93. The summed E-state index contributed by atoms with van der Waals surface area (Å²) in [5.74, 6) is 1.04. The molecular formula is C13H19NO2. The molecule has 88 valence electrons. The van der Waals surface area contributed by atoms with E-state index in [1.807, 2.05) is 0 Å². The predicted molar refractivity (Wildman–Crippen MR) is 61.6 cm³/mol. The largest absolute Gasteiger partial charge is 0.275 e. The van der Waals surface area contributed by atoms with Gasteiger partial charge in [-0.3, -0.25) is 14.5 Å². The summed E-state index contributed by atoms with van der Waals surface area (Å²) >= 11 is 0. The van der Waals surface area contributed by atoms with E-state index < -0.39 is 0 Å². The van der Waals surface area contributed by atoms with Gasteiger partial charge in [0.1, 0.15) is 0 Å². The van der Waals surface area contributed by atoms with Crippen LogP contribution in [0.5, 0.6) is 0 Å². The van der Waals surface area contributed by atoms with Gasteiger partial charge in [-0.25, -0.2) is 0 Å². The minimum Gasteiger partial charge on any atom is -0.275 e. The lowest BCUT2D eigenvalue weighted by molar-refractivity contribution is -0.137. The van der Waals surface area contributed by atoms with Crippen molar-refractivity contribution in [1.29, 1.82) is 0 Å². The molecule has 0 aromatic rings. The molecule has 2 amide bonds. The van der Waals surface area contributed by atoms with Gasteiger partial charge in [0.05, 0.1) is 0 Å². The van der Waals surface area contributed by atoms with Crippen LogP contribution in [0.15, 0.2) is 12.2 Å². The molecule has 0 bridgehead atoms. The van der Waals surface area contributed by atoms with Gasteiger partial charge in [0.15, 0.2) is 0 Å². The first-order valence-electron chi connectivity index (χ1n) is 6.24. The Morgan fingerprint density at radius 3 is 2.44 bits per heavy atom. The van der Waals surface area contributed by atoms with E-state index in [2.05, 4.69) is 6.92 Å². The number of rotatable bonds is 3. The molecule has 0 N–H and O–H groups in total. The summed E-state index contributed by atoms with van der Waals surface area (Å²) in [6.45, 7) is 2.85. The van der Waals surface area contributed by atoms with Crippen molar-refractivity contribution in [3.63, 3.8) is 0 Å². The van der Waals surface area contributed by atoms with Crippen molar-refractivity contribution < 1.29 is 9.59 Å². The van der Waals surface area contributed by atoms with Crippen LogP contribution in [0.1, 0.15) is 39.0 Å². The molecule has 0 saturated heterocycles. The summed E-state index contributed by atoms with van der Waals surface area (Å²) < 4.78 is 0. The average Bonchev–Trinajstić information content (AvgIpc) is 2.61. The van der Waals surface area contributed by atoms with E-state index in [1.165, 1.54) is 42.7 Å². The van der Waals surface area contributed by atoms with Gasteiger partial charge in [-0.15, -0.1) is 0 Å². The maximum Gasteiger partial charge on any atom is 0.253 e. The Morgan fingerprint density at radius 1 is 1.19 bits per heavy atom. The fourth-order valence-electron chi connectivity index (χ4n) is 2.81. The van der Waals surface area contributed by atoms with Crippen LogP contribution in [0.25, 0.3) is 0 Å². The maximum atomic E-state index is 11.4. The summed E-state index contributed by atoms with van der Waals surface area (Å²) in [5.41, 5.74) is 0. The molecule has 0 radical (unpaired) electrons. The van der Waals surface area contributed by atoms with Crippen LogP contribution in [-0.2, 0) is 9.59 Å². The van der Waals surface area contributed by atoms with Crippen LogP contribution in [0, 0.1) is 11.8 Å². The van der Waals surface area contributed by atoms with Crippen LogP contribution < -0.4 is 0 Å². The Morgan fingerprint density at radius 2 is 1.81 bits per heavy atom. The first-order chi connectivity index (χ1) is 7.70. The van der Waals surface area contributed by atoms with Gasteiger partial charge >= 0.3 is 0 Å². The Labute approximate surface area is 96.5 Å². The van der Waals surface area contributed by atoms with Gasteiger partial charge in [0, 0.05) is 18.7 Å². The van der Waals surface area contributed by atoms with Crippen LogP contribution in [0.3, 0.4) is 0 Å². The standard InChI is InChI=1S/C13H19NO2/c1-2-10-4-3-5-11(8-10)9-14-12(15)6-7-13(14)16/h6-7,10-11H,2-5,8-9H2,1H3. The van der Waals surface area contributed by atoms with Gasteiger partial charge in [0.2, 0.25) is 0 Å². The fraction of sp³-hybridized carbons (Fsp3) is 0.692. The quantitative estimate of drug-likeness (QED) is 0.685. The first kappa shape index (κ1) is 11.4. The lowest BCUT2D eigenvalue weighted by Gasteiger charge is -2.30. The van der Waals surface area contributed by atoms with Gasteiger partial charge < -0.3 is 0 Å². The zero-order chi connectivity index (χ0) is 11.5. The number of hydrogen-bond donors (Lipinski definition) is 0. The van der Waals surface area contributed by atoms with Crippen LogP contribution in [0.2, 0.25) is 0 Å². The maximum absolute atomic E-state index is 11.4. The molecule has 3 heteroatoms. The molecule has 0 spiro atoms. The molecule has 2 atom stereocenters. The molecule has 2 rings (SSSR count). The summed E-state index contributed by atoms with van der Waals surface area (Å²) in [6, 6.07) is 0. The predicted octanol–water partition coefficient (Wildman–Crippen LogP) is 2.13. The molecule has 1 fully saturated rings. The second-order valence-corrected chi connectivity index (χ2v) is 4.93. The summed E-state index contributed by atoms with van der Waals surface area (Å²) in [7, 11) is 0. The third-order valence-corrected chi connectivity index (χ3v) is 3.81. The zero-order valence-electron chi connectivity index (χ0n) is 9.82. The lowest BCUT2D eigenvalue weighted by atomic mass is 9.80. The Bertz CT molecular complexity index is 304. The Balaban J connectivity index is 1.89. The molecule has 0 aromatic heterocycles. The summed E-state index contributed by atoms with van der Waals surface area (Å²) in [4.78, 5) is 24.2. The average molecular weight is 221 g/mol. The van der Waals surface area contributed by atoms with E-state index in [-0.39, 0.29) is 11.8 Å². The lowest BCUT2D eigenvalue weighted by Crippen LogP contribution is -2.36. The molecule has 16 heavy (non-hydrogen) atoms. The van der Waals surface area contributed by atoms with Gasteiger partial charge in [-0.1, -0.05) is 26.2 Å². The molecule has 1 saturated carbocycles. The zero-order valence-corrected chi connectivity index (χ0v) is 9.82. The topological polar surface area (TPSA) is 37.4 Å². The monoisotopic (exact) mass is 221 g/mol. The summed E-state index contributed by atoms with van der Waals surface area (Å²) in [6.07, 6.45) is 8.86. The Kier molecular flexibility index (Phi) is 3.42. The first-order valence-corrected chi connectivity index (χ1v) is 6.24. The summed E-state index contributed by atoms with van der Waals surface area (Å²) in [5, 5.41) is 0. The molecule has 1 aliphatic heterocycles. The van der Waals surface area contributed by atoms with Crippen molar-refractivity contribution in [1.82, 2.24) is 4.90 Å². The Hall–Kier alpha value is -1.12.